The van der Waals surface area contributed by atoms with Gasteiger partial charge in [-0.3, -0.25) is 0 Å². The standard InChI is InChI=1S/C13H22N2O3S/c1-5-10(2)15(3)19(16,17)13-8-11(9-14)6-7-12(13)18-4/h6-8,10H,5,9,14H2,1-4H3. The Hall–Kier alpha value is -1.11. The number of methoxy groups -OCH3 is 1. The highest BCUT2D eigenvalue weighted by atomic mass is 32.2. The van der Waals surface area contributed by atoms with Crippen LogP contribution in [0.25, 0.3) is 0 Å². The number of ether oxygens (including phenoxy) is 1. The third kappa shape index (κ3) is 3.26. The quantitative estimate of drug-likeness (QED) is 0.861. The van der Waals surface area contributed by atoms with Gasteiger partial charge in [-0.05, 0) is 31.0 Å². The summed E-state index contributed by atoms with van der Waals surface area (Å²) in [6, 6.07) is 4.91. The summed E-state index contributed by atoms with van der Waals surface area (Å²) in [7, 11) is -0.533. The van der Waals surface area contributed by atoms with Crippen LogP contribution in [0, 0.1) is 0 Å². The second-order valence-corrected chi connectivity index (χ2v) is 6.43. The van der Waals surface area contributed by atoms with Crippen molar-refractivity contribution in [1.29, 1.82) is 0 Å². The van der Waals surface area contributed by atoms with Gasteiger partial charge in [0.25, 0.3) is 0 Å². The Labute approximate surface area is 115 Å². The van der Waals surface area contributed by atoms with Crippen molar-refractivity contribution in [3.05, 3.63) is 23.8 Å². The fourth-order valence-corrected chi connectivity index (χ4v) is 3.34. The maximum Gasteiger partial charge on any atom is 0.246 e. The number of benzene rings is 1. The van der Waals surface area contributed by atoms with E-state index < -0.39 is 10.0 Å². The highest BCUT2D eigenvalue weighted by Gasteiger charge is 2.27. The van der Waals surface area contributed by atoms with Crippen LogP contribution in [0.1, 0.15) is 25.8 Å². The minimum atomic E-state index is -3.57. The number of hydrogen-bond donors (Lipinski definition) is 1. The molecule has 0 aromatic heterocycles. The lowest BCUT2D eigenvalue weighted by Gasteiger charge is -2.24. The van der Waals surface area contributed by atoms with Crippen LogP contribution in [0.3, 0.4) is 0 Å². The first-order chi connectivity index (χ1) is 8.88. The zero-order chi connectivity index (χ0) is 14.6. The predicted molar refractivity (Wildman–Crippen MR) is 75.6 cm³/mol. The first kappa shape index (κ1) is 15.9. The SMILES string of the molecule is CCC(C)N(C)S(=O)(=O)c1cc(CN)ccc1OC. The summed E-state index contributed by atoms with van der Waals surface area (Å²) in [5.74, 6) is 0.340. The monoisotopic (exact) mass is 286 g/mol. The molecule has 0 spiro atoms. The van der Waals surface area contributed by atoms with Gasteiger partial charge in [-0.1, -0.05) is 13.0 Å². The van der Waals surface area contributed by atoms with Crippen LogP contribution < -0.4 is 10.5 Å². The molecule has 6 heteroatoms. The molecule has 19 heavy (non-hydrogen) atoms. The molecule has 0 fully saturated rings. The van der Waals surface area contributed by atoms with Crippen LogP contribution in [0.15, 0.2) is 23.1 Å². The number of rotatable bonds is 6. The molecule has 0 radical (unpaired) electrons. The van der Waals surface area contributed by atoms with Gasteiger partial charge in [0.15, 0.2) is 0 Å². The Kier molecular flexibility index (Phi) is 5.34. The Bertz CT molecular complexity index is 529. The van der Waals surface area contributed by atoms with E-state index in [4.69, 9.17) is 10.5 Å². The maximum absolute atomic E-state index is 12.6. The molecule has 1 rings (SSSR count). The van der Waals surface area contributed by atoms with Gasteiger partial charge in [0.1, 0.15) is 10.6 Å². The Morgan fingerprint density at radius 1 is 1.42 bits per heavy atom. The first-order valence-electron chi connectivity index (χ1n) is 6.23. The van der Waals surface area contributed by atoms with Gasteiger partial charge in [-0.15, -0.1) is 0 Å². The van der Waals surface area contributed by atoms with Crippen LogP contribution in [-0.4, -0.2) is 32.9 Å². The van der Waals surface area contributed by atoms with Crippen molar-refractivity contribution in [1.82, 2.24) is 4.31 Å². The molecule has 0 aliphatic rings. The number of nitrogens with two attached hydrogens (primary N) is 1. The predicted octanol–water partition coefficient (Wildman–Crippen LogP) is 1.57. The summed E-state index contributed by atoms with van der Waals surface area (Å²) in [5, 5.41) is 0. The van der Waals surface area contributed by atoms with E-state index in [0.717, 1.165) is 12.0 Å². The molecule has 0 amide bonds. The molecule has 5 nitrogen and oxygen atoms in total. The molecule has 1 unspecified atom stereocenters. The van der Waals surface area contributed by atoms with Crippen LogP contribution in [-0.2, 0) is 16.6 Å². The van der Waals surface area contributed by atoms with E-state index in [-0.39, 0.29) is 10.9 Å². The zero-order valence-corrected chi connectivity index (χ0v) is 12.7. The molecule has 0 heterocycles. The lowest BCUT2D eigenvalue weighted by Crippen LogP contribution is -2.34. The fraction of sp³-hybridized carbons (Fsp3) is 0.538. The molecule has 0 aliphatic carbocycles. The van der Waals surface area contributed by atoms with Crippen molar-refractivity contribution in [2.75, 3.05) is 14.2 Å². The molecule has 0 bridgehead atoms. The summed E-state index contributed by atoms with van der Waals surface area (Å²) in [5.41, 5.74) is 6.33. The van der Waals surface area contributed by atoms with Gasteiger partial charge in [0.05, 0.1) is 7.11 Å². The van der Waals surface area contributed by atoms with Crippen LogP contribution in [0.4, 0.5) is 0 Å². The van der Waals surface area contributed by atoms with E-state index in [9.17, 15) is 8.42 Å². The molecular formula is C13H22N2O3S. The van der Waals surface area contributed by atoms with Crippen molar-refractivity contribution in [2.24, 2.45) is 5.73 Å². The van der Waals surface area contributed by atoms with Crippen molar-refractivity contribution >= 4 is 10.0 Å². The van der Waals surface area contributed by atoms with Gasteiger partial charge in [0.2, 0.25) is 10.0 Å². The number of sulfonamides is 1. The lowest BCUT2D eigenvalue weighted by molar-refractivity contribution is 0.371. The molecule has 0 saturated carbocycles. The molecular weight excluding hydrogens is 264 g/mol. The summed E-state index contributed by atoms with van der Waals surface area (Å²) in [6.07, 6.45) is 0.745. The van der Waals surface area contributed by atoms with Gasteiger partial charge < -0.3 is 10.5 Å². The van der Waals surface area contributed by atoms with Crippen molar-refractivity contribution in [3.63, 3.8) is 0 Å². The highest BCUT2D eigenvalue weighted by molar-refractivity contribution is 7.89. The minimum Gasteiger partial charge on any atom is -0.495 e. The zero-order valence-electron chi connectivity index (χ0n) is 11.9. The molecule has 108 valence electrons. The fourth-order valence-electron chi connectivity index (χ4n) is 1.70. The molecule has 0 saturated heterocycles. The normalized spacial score (nSPS) is 13.6. The van der Waals surface area contributed by atoms with Crippen molar-refractivity contribution < 1.29 is 13.2 Å². The third-order valence-electron chi connectivity index (χ3n) is 3.33. The minimum absolute atomic E-state index is 0.0729. The average Bonchev–Trinajstić information content (AvgIpc) is 2.44. The van der Waals surface area contributed by atoms with E-state index in [0.29, 0.717) is 12.3 Å². The molecule has 1 atom stereocenters. The summed E-state index contributed by atoms with van der Waals surface area (Å²) in [4.78, 5) is 0.167. The third-order valence-corrected chi connectivity index (χ3v) is 5.33. The number of hydrogen-bond acceptors (Lipinski definition) is 4. The van der Waals surface area contributed by atoms with E-state index in [1.54, 1.807) is 25.2 Å². The lowest BCUT2D eigenvalue weighted by atomic mass is 10.2. The Morgan fingerprint density at radius 2 is 2.05 bits per heavy atom. The summed E-state index contributed by atoms with van der Waals surface area (Å²) in [6.45, 7) is 4.11. The largest absolute Gasteiger partial charge is 0.495 e. The molecule has 1 aromatic rings. The van der Waals surface area contributed by atoms with E-state index in [1.165, 1.54) is 11.4 Å². The maximum atomic E-state index is 12.6. The van der Waals surface area contributed by atoms with E-state index in [1.807, 2.05) is 13.8 Å². The molecule has 0 aliphatic heterocycles. The Morgan fingerprint density at radius 3 is 2.53 bits per heavy atom. The van der Waals surface area contributed by atoms with Crippen LogP contribution in [0.2, 0.25) is 0 Å². The van der Waals surface area contributed by atoms with Gasteiger partial charge >= 0.3 is 0 Å². The highest BCUT2D eigenvalue weighted by Crippen LogP contribution is 2.28. The van der Waals surface area contributed by atoms with Crippen molar-refractivity contribution in [3.8, 4) is 5.75 Å². The molecule has 1 aromatic carbocycles. The second-order valence-electron chi connectivity index (χ2n) is 4.47. The molecule has 2 N–H and O–H groups in total. The second kappa shape index (κ2) is 6.36. The van der Waals surface area contributed by atoms with E-state index in [2.05, 4.69) is 0 Å². The van der Waals surface area contributed by atoms with Crippen molar-refractivity contribution in [2.45, 2.75) is 37.8 Å². The Balaban J connectivity index is 3.34. The van der Waals surface area contributed by atoms with Crippen LogP contribution >= 0.6 is 0 Å². The first-order valence-corrected chi connectivity index (χ1v) is 7.67. The van der Waals surface area contributed by atoms with Gasteiger partial charge in [0, 0.05) is 19.6 Å². The smallest absolute Gasteiger partial charge is 0.246 e. The topological polar surface area (TPSA) is 72.6 Å². The summed E-state index contributed by atoms with van der Waals surface area (Å²) >= 11 is 0. The van der Waals surface area contributed by atoms with E-state index >= 15 is 0 Å². The van der Waals surface area contributed by atoms with Crippen LogP contribution in [0.5, 0.6) is 5.75 Å². The van der Waals surface area contributed by atoms with Gasteiger partial charge in [-0.25, -0.2) is 8.42 Å². The van der Waals surface area contributed by atoms with Gasteiger partial charge in [-0.2, -0.15) is 4.31 Å². The summed E-state index contributed by atoms with van der Waals surface area (Å²) < 4.78 is 31.7. The number of nitrogens with zero attached hydrogens (tertiary/aromatic N) is 1. The average molecular weight is 286 g/mol.